The van der Waals surface area contributed by atoms with Gasteiger partial charge in [0.15, 0.2) is 23.0 Å². The van der Waals surface area contributed by atoms with E-state index in [1.54, 1.807) is 14.2 Å². The summed E-state index contributed by atoms with van der Waals surface area (Å²) in [5.74, 6) is 3.12. The molecule has 0 bridgehead atoms. The van der Waals surface area contributed by atoms with Gasteiger partial charge >= 0.3 is 0 Å². The summed E-state index contributed by atoms with van der Waals surface area (Å²) in [5, 5.41) is 3.45. The molecule has 5 nitrogen and oxygen atoms in total. The Labute approximate surface area is 150 Å². The van der Waals surface area contributed by atoms with Gasteiger partial charge in [0.1, 0.15) is 0 Å². The molecule has 6 heteroatoms. The van der Waals surface area contributed by atoms with E-state index in [0.717, 1.165) is 46.0 Å². The van der Waals surface area contributed by atoms with Gasteiger partial charge in [0.05, 0.1) is 14.2 Å². The van der Waals surface area contributed by atoms with Crippen molar-refractivity contribution in [3.8, 4) is 23.0 Å². The van der Waals surface area contributed by atoms with E-state index < -0.39 is 0 Å². The minimum Gasteiger partial charge on any atom is -0.493 e. The lowest BCUT2D eigenvalue weighted by Gasteiger charge is -2.15. The van der Waals surface area contributed by atoms with E-state index in [1.165, 1.54) is 5.56 Å². The Balaban J connectivity index is 1.59. The van der Waals surface area contributed by atoms with E-state index in [9.17, 15) is 0 Å². The molecule has 3 rings (SSSR count). The molecule has 1 aliphatic rings. The molecular weight excluding hydrogens is 374 g/mol. The van der Waals surface area contributed by atoms with Crippen LogP contribution in [-0.4, -0.2) is 27.6 Å². The normalized spacial score (nSPS) is 12.3. The number of fused-ring (bicyclic) bond motifs is 1. The summed E-state index contributed by atoms with van der Waals surface area (Å²) in [6.45, 7) is 1.83. The van der Waals surface area contributed by atoms with E-state index >= 15 is 0 Å². The van der Waals surface area contributed by atoms with Crippen molar-refractivity contribution in [3.63, 3.8) is 0 Å². The largest absolute Gasteiger partial charge is 0.493 e. The minimum atomic E-state index is 0.306. The van der Waals surface area contributed by atoms with Crippen molar-refractivity contribution in [1.29, 1.82) is 0 Å². The molecule has 1 N–H and O–H groups in total. The molecule has 2 aromatic carbocycles. The molecule has 0 aromatic heterocycles. The second kappa shape index (κ2) is 7.77. The van der Waals surface area contributed by atoms with Gasteiger partial charge in [0.2, 0.25) is 6.79 Å². The number of hydrogen-bond donors (Lipinski definition) is 1. The maximum absolute atomic E-state index is 5.49. The second-order valence-electron chi connectivity index (χ2n) is 5.38. The lowest BCUT2D eigenvalue weighted by atomic mass is 10.1. The fourth-order valence-electron chi connectivity index (χ4n) is 2.67. The van der Waals surface area contributed by atoms with Gasteiger partial charge in [-0.1, -0.05) is 22.0 Å². The predicted octanol–water partition coefficient (Wildman–Crippen LogP) is 3.53. The summed E-state index contributed by atoms with van der Waals surface area (Å²) in [4.78, 5) is 0. The molecule has 0 fully saturated rings. The van der Waals surface area contributed by atoms with Crippen molar-refractivity contribution >= 4 is 15.9 Å². The number of methoxy groups -OCH3 is 2. The maximum atomic E-state index is 5.49. The van der Waals surface area contributed by atoms with Crippen LogP contribution in [0.4, 0.5) is 0 Å². The van der Waals surface area contributed by atoms with Crippen molar-refractivity contribution < 1.29 is 18.9 Å². The number of benzene rings is 2. The van der Waals surface area contributed by atoms with E-state index in [4.69, 9.17) is 18.9 Å². The molecule has 0 unspecified atom stereocenters. The Kier molecular flexibility index (Phi) is 5.48. The highest BCUT2D eigenvalue weighted by Gasteiger charge is 2.14. The predicted molar refractivity (Wildman–Crippen MR) is 95.2 cm³/mol. The second-order valence-corrected chi connectivity index (χ2v) is 6.23. The van der Waals surface area contributed by atoms with Crippen molar-refractivity contribution in [2.75, 3.05) is 27.6 Å². The molecule has 0 saturated heterocycles. The topological polar surface area (TPSA) is 49.0 Å². The zero-order valence-electron chi connectivity index (χ0n) is 13.7. The van der Waals surface area contributed by atoms with Crippen LogP contribution >= 0.6 is 15.9 Å². The summed E-state index contributed by atoms with van der Waals surface area (Å²) in [7, 11) is 3.29. The fraction of sp³-hybridized carbons (Fsp3) is 0.333. The fourth-order valence-corrected chi connectivity index (χ4v) is 3.13. The van der Waals surface area contributed by atoms with Crippen molar-refractivity contribution in [2.45, 2.75) is 13.0 Å². The summed E-state index contributed by atoms with van der Waals surface area (Å²) in [5.41, 5.74) is 2.26. The Hall–Kier alpha value is -1.92. The molecule has 128 valence electrons. The standard InChI is InChI=1S/C18H20BrNO4/c1-21-16-6-4-14(19)13(18(16)22-2)10-20-8-7-12-3-5-15-17(9-12)24-11-23-15/h3-6,9,20H,7-8,10-11H2,1-2H3. The van der Waals surface area contributed by atoms with Gasteiger partial charge < -0.3 is 24.3 Å². The zero-order chi connectivity index (χ0) is 16.9. The highest BCUT2D eigenvalue weighted by molar-refractivity contribution is 9.10. The Morgan fingerprint density at radius 2 is 1.92 bits per heavy atom. The third-order valence-electron chi connectivity index (χ3n) is 3.92. The average molecular weight is 394 g/mol. The smallest absolute Gasteiger partial charge is 0.231 e. The molecular formula is C18H20BrNO4. The lowest BCUT2D eigenvalue weighted by Crippen LogP contribution is -2.17. The first kappa shape index (κ1) is 16.9. The highest BCUT2D eigenvalue weighted by Crippen LogP contribution is 2.36. The summed E-state index contributed by atoms with van der Waals surface area (Å²) in [6.07, 6.45) is 0.903. The zero-order valence-corrected chi connectivity index (χ0v) is 15.3. The number of halogens is 1. The van der Waals surface area contributed by atoms with Crippen LogP contribution < -0.4 is 24.3 Å². The van der Waals surface area contributed by atoms with Crippen LogP contribution in [-0.2, 0) is 13.0 Å². The Bertz CT molecular complexity index is 720. The minimum absolute atomic E-state index is 0.306. The molecule has 0 atom stereocenters. The Morgan fingerprint density at radius 3 is 2.71 bits per heavy atom. The van der Waals surface area contributed by atoms with Crippen LogP contribution in [0, 0.1) is 0 Å². The molecule has 0 amide bonds. The maximum Gasteiger partial charge on any atom is 0.231 e. The van der Waals surface area contributed by atoms with Crippen LogP contribution in [0.25, 0.3) is 0 Å². The first-order chi connectivity index (χ1) is 11.7. The van der Waals surface area contributed by atoms with Crippen molar-refractivity contribution in [1.82, 2.24) is 5.32 Å². The van der Waals surface area contributed by atoms with Gasteiger partial charge in [-0.05, 0) is 42.8 Å². The molecule has 1 aliphatic heterocycles. The van der Waals surface area contributed by atoms with Crippen molar-refractivity contribution in [2.24, 2.45) is 0 Å². The summed E-state index contributed by atoms with van der Waals surface area (Å²) in [6, 6.07) is 9.91. The monoisotopic (exact) mass is 393 g/mol. The van der Waals surface area contributed by atoms with Gasteiger partial charge in [-0.3, -0.25) is 0 Å². The van der Waals surface area contributed by atoms with Gasteiger partial charge in [-0.25, -0.2) is 0 Å². The van der Waals surface area contributed by atoms with Crippen LogP contribution in [0.1, 0.15) is 11.1 Å². The quantitative estimate of drug-likeness (QED) is 0.729. The third-order valence-corrected chi connectivity index (χ3v) is 4.66. The van der Waals surface area contributed by atoms with Gasteiger partial charge in [-0.15, -0.1) is 0 Å². The van der Waals surface area contributed by atoms with Crippen LogP contribution in [0.15, 0.2) is 34.8 Å². The third kappa shape index (κ3) is 3.60. The van der Waals surface area contributed by atoms with E-state index in [-0.39, 0.29) is 0 Å². The first-order valence-corrected chi connectivity index (χ1v) is 8.51. The summed E-state index contributed by atoms with van der Waals surface area (Å²) >= 11 is 3.58. The SMILES string of the molecule is COc1ccc(Br)c(CNCCc2ccc3c(c2)OCO3)c1OC. The Morgan fingerprint density at radius 1 is 1.08 bits per heavy atom. The number of ether oxygens (including phenoxy) is 4. The molecule has 2 aromatic rings. The molecule has 0 saturated carbocycles. The lowest BCUT2D eigenvalue weighted by molar-refractivity contribution is 0.174. The van der Waals surface area contributed by atoms with Crippen LogP contribution in [0.5, 0.6) is 23.0 Å². The summed E-state index contributed by atoms with van der Waals surface area (Å²) < 4.78 is 22.6. The highest BCUT2D eigenvalue weighted by atomic mass is 79.9. The molecule has 24 heavy (non-hydrogen) atoms. The van der Waals surface area contributed by atoms with Gasteiger partial charge in [0.25, 0.3) is 0 Å². The number of hydrogen-bond acceptors (Lipinski definition) is 5. The number of nitrogens with one attached hydrogen (secondary N) is 1. The molecule has 1 heterocycles. The van der Waals surface area contributed by atoms with Crippen molar-refractivity contribution in [3.05, 3.63) is 45.9 Å². The van der Waals surface area contributed by atoms with E-state index in [1.807, 2.05) is 24.3 Å². The molecule has 0 aliphatic carbocycles. The van der Waals surface area contributed by atoms with Gasteiger partial charge in [-0.2, -0.15) is 0 Å². The van der Waals surface area contributed by atoms with Crippen LogP contribution in [0.3, 0.4) is 0 Å². The van der Waals surface area contributed by atoms with E-state index in [2.05, 4.69) is 27.3 Å². The van der Waals surface area contributed by atoms with E-state index in [0.29, 0.717) is 13.3 Å². The molecule has 0 spiro atoms. The molecule has 0 radical (unpaired) electrons. The average Bonchev–Trinajstić information content (AvgIpc) is 3.07. The first-order valence-electron chi connectivity index (χ1n) is 7.71. The van der Waals surface area contributed by atoms with Gasteiger partial charge in [0, 0.05) is 16.6 Å². The number of rotatable bonds is 7. The van der Waals surface area contributed by atoms with Crippen LogP contribution in [0.2, 0.25) is 0 Å².